The van der Waals surface area contributed by atoms with Gasteiger partial charge in [0.25, 0.3) is 0 Å². The number of hydrogen-bond donors (Lipinski definition) is 0. The molecule has 0 aromatic rings. The first kappa shape index (κ1) is 29.5. The van der Waals surface area contributed by atoms with E-state index in [-0.39, 0.29) is 88.5 Å². The first-order valence-corrected chi connectivity index (χ1v) is 0. The standard InChI is InChI=1S/2Na.H2O.Sn.4H/h;;1H2;;;;;. The molecule has 0 heterocycles. The van der Waals surface area contributed by atoms with Gasteiger partial charge < -0.3 is 5.48 Å². The zero-order chi connectivity index (χ0) is 0. The van der Waals surface area contributed by atoms with Gasteiger partial charge in [0, 0.05) is 0 Å². The van der Waals surface area contributed by atoms with Crippen LogP contribution in [-0.2, 0) is 0 Å². The van der Waals surface area contributed by atoms with Crippen LogP contribution in [0.5, 0.6) is 0 Å². The van der Waals surface area contributed by atoms with Gasteiger partial charge in [0.2, 0.25) is 0 Å². The Morgan fingerprint density at radius 2 is 0.750 bits per heavy atom. The Morgan fingerprint density at radius 3 is 0.750 bits per heavy atom. The fourth-order valence-electron chi connectivity index (χ4n) is 0. The fraction of sp³-hybridized carbons (Fsp3) is 0. The maximum absolute atomic E-state index is 0. The van der Waals surface area contributed by atoms with Gasteiger partial charge in [0.1, 0.15) is 0 Å². The Morgan fingerprint density at radius 1 is 0.750 bits per heavy atom. The summed E-state index contributed by atoms with van der Waals surface area (Å²) in [6.45, 7) is 0. The Labute approximate surface area is 86.8 Å². The summed E-state index contributed by atoms with van der Waals surface area (Å²) in [5.74, 6) is 0. The molecule has 4 heteroatoms. The average molecular weight is 187 g/mol. The van der Waals surface area contributed by atoms with Crippen LogP contribution in [0, 0.1) is 0 Å². The van der Waals surface area contributed by atoms with Crippen LogP contribution in [0.1, 0.15) is 0 Å². The van der Waals surface area contributed by atoms with E-state index in [1.807, 2.05) is 0 Å². The van der Waals surface area contributed by atoms with Crippen LogP contribution in [0.15, 0.2) is 0 Å². The zero-order valence-electron chi connectivity index (χ0n) is 1.21. The third kappa shape index (κ3) is 8.83. The topological polar surface area (TPSA) is 31.5 Å². The van der Waals surface area contributed by atoms with Crippen molar-refractivity contribution in [3.63, 3.8) is 0 Å². The van der Waals surface area contributed by atoms with Crippen molar-refractivity contribution in [1.29, 1.82) is 0 Å². The predicted molar refractivity (Wildman–Crippen MR) is 26.5 cm³/mol. The molecule has 0 spiro atoms. The van der Waals surface area contributed by atoms with E-state index in [1.54, 1.807) is 0 Å². The average Bonchev–Trinajstić information content (AvgIpc) is 0. The molecule has 0 aromatic heterocycles. The molecular formula is H6Na2OSn. The third-order valence-electron chi connectivity index (χ3n) is 0. The van der Waals surface area contributed by atoms with Crippen molar-refractivity contribution < 1.29 is 5.48 Å². The molecule has 0 rings (SSSR count). The van der Waals surface area contributed by atoms with Crippen LogP contribution in [-0.4, -0.2) is 88.5 Å². The predicted octanol–water partition coefficient (Wildman–Crippen LogP) is -3.04. The molecule has 0 bridgehead atoms. The van der Waals surface area contributed by atoms with E-state index in [2.05, 4.69) is 0 Å². The molecule has 0 aliphatic heterocycles. The summed E-state index contributed by atoms with van der Waals surface area (Å²) in [4.78, 5) is 0. The molecular weight excluding hydrogens is 181 g/mol. The maximum atomic E-state index is 0. The monoisotopic (exact) mass is 188 g/mol. The molecule has 18 valence electrons. The minimum atomic E-state index is 0. The summed E-state index contributed by atoms with van der Waals surface area (Å²) in [6.07, 6.45) is 0. The van der Waals surface area contributed by atoms with E-state index in [1.165, 1.54) is 0 Å². The molecule has 0 amide bonds. The van der Waals surface area contributed by atoms with Gasteiger partial charge in [-0.25, -0.2) is 0 Å². The molecule has 0 unspecified atom stereocenters. The van der Waals surface area contributed by atoms with E-state index >= 15 is 0 Å². The van der Waals surface area contributed by atoms with E-state index < -0.39 is 0 Å². The Bertz CT molecular complexity index is 6.00. The molecule has 0 fully saturated rings. The fourth-order valence-corrected chi connectivity index (χ4v) is 0. The second-order valence-electron chi connectivity index (χ2n) is 0. The first-order chi connectivity index (χ1) is 0. The van der Waals surface area contributed by atoms with Crippen LogP contribution >= 0.6 is 0 Å². The van der Waals surface area contributed by atoms with E-state index in [0.29, 0.717) is 0 Å². The Balaban J connectivity index is 0. The molecule has 1 nitrogen and oxygen atoms in total. The zero-order valence-corrected chi connectivity index (χ0v) is 5.24. The summed E-state index contributed by atoms with van der Waals surface area (Å²) in [5, 5.41) is 0. The minimum absolute atomic E-state index is 0. The molecule has 4 heavy (non-hydrogen) atoms. The molecule has 0 saturated heterocycles. The van der Waals surface area contributed by atoms with Crippen molar-refractivity contribution in [2.75, 3.05) is 0 Å². The number of rotatable bonds is 0. The molecule has 2 N–H and O–H groups in total. The quantitative estimate of drug-likeness (QED) is 0.361. The van der Waals surface area contributed by atoms with E-state index in [4.69, 9.17) is 0 Å². The van der Waals surface area contributed by atoms with Crippen LogP contribution in [0.25, 0.3) is 0 Å². The van der Waals surface area contributed by atoms with Gasteiger partial charge in [-0.2, -0.15) is 0 Å². The summed E-state index contributed by atoms with van der Waals surface area (Å²) >= 11 is 0. The van der Waals surface area contributed by atoms with Gasteiger partial charge in [-0.1, -0.05) is 0 Å². The van der Waals surface area contributed by atoms with Gasteiger partial charge in [-0.3, -0.25) is 0 Å². The Hall–Kier alpha value is 2.76. The third-order valence-corrected chi connectivity index (χ3v) is 0. The normalized spacial score (nSPS) is 0. The summed E-state index contributed by atoms with van der Waals surface area (Å²) < 4.78 is 0. The van der Waals surface area contributed by atoms with E-state index in [0.717, 1.165) is 0 Å². The van der Waals surface area contributed by atoms with Crippen molar-refractivity contribution in [2.24, 2.45) is 0 Å². The van der Waals surface area contributed by atoms with Crippen LogP contribution < -0.4 is 0 Å². The van der Waals surface area contributed by atoms with Gasteiger partial charge >= 0.3 is 83.0 Å². The van der Waals surface area contributed by atoms with Gasteiger partial charge in [-0.05, 0) is 0 Å². The van der Waals surface area contributed by atoms with Gasteiger partial charge in [0.15, 0.2) is 0 Å². The van der Waals surface area contributed by atoms with Crippen molar-refractivity contribution in [3.8, 4) is 0 Å². The van der Waals surface area contributed by atoms with Crippen molar-refractivity contribution in [3.05, 3.63) is 0 Å². The van der Waals surface area contributed by atoms with Crippen molar-refractivity contribution >= 4 is 83.0 Å². The molecule has 2 radical (unpaired) electrons. The molecule has 0 aromatic carbocycles. The Kier molecular flexibility index (Phi) is 126. The summed E-state index contributed by atoms with van der Waals surface area (Å²) in [6, 6.07) is 0. The van der Waals surface area contributed by atoms with Crippen molar-refractivity contribution in [1.82, 2.24) is 0 Å². The summed E-state index contributed by atoms with van der Waals surface area (Å²) in [7, 11) is 0. The second-order valence-corrected chi connectivity index (χ2v) is 0. The van der Waals surface area contributed by atoms with Crippen LogP contribution in [0.4, 0.5) is 0 Å². The molecule has 0 saturated carbocycles. The van der Waals surface area contributed by atoms with Gasteiger partial charge in [-0.15, -0.1) is 0 Å². The van der Waals surface area contributed by atoms with Crippen LogP contribution in [0.3, 0.4) is 0 Å². The molecule has 0 aliphatic carbocycles. The first-order valence-electron chi connectivity index (χ1n) is 0. The van der Waals surface area contributed by atoms with Crippen LogP contribution in [0.2, 0.25) is 0 Å². The van der Waals surface area contributed by atoms with E-state index in [9.17, 15) is 0 Å². The number of hydrogen-bond acceptors (Lipinski definition) is 0. The second kappa shape index (κ2) is 17.1. The van der Waals surface area contributed by atoms with Gasteiger partial charge in [0.05, 0.1) is 0 Å². The van der Waals surface area contributed by atoms with Crippen molar-refractivity contribution in [2.45, 2.75) is 0 Å². The molecule has 0 atom stereocenters. The summed E-state index contributed by atoms with van der Waals surface area (Å²) in [5.41, 5.74) is 0. The SMILES string of the molecule is O.[NaH].[NaH].[SnH2]. The molecule has 0 aliphatic rings.